The van der Waals surface area contributed by atoms with E-state index in [2.05, 4.69) is 19.9 Å². The molecule has 8 heteroatoms. The maximum absolute atomic E-state index is 11.8. The number of rotatable bonds is 5. The van der Waals surface area contributed by atoms with Crippen molar-refractivity contribution in [3.05, 3.63) is 35.2 Å². The van der Waals surface area contributed by atoms with E-state index in [0.29, 0.717) is 29.8 Å². The standard InChI is InChI=1S/C17H22ClN5O2/c1-21(2)16(24)12-23-9-7-22(8-10-23)11-15-19-17(20-25-15)13-3-5-14(18)6-4-13/h3-6H,7-12H2,1-2H3. The minimum Gasteiger partial charge on any atom is -0.348 e. The van der Waals surface area contributed by atoms with Crippen molar-refractivity contribution in [1.82, 2.24) is 24.8 Å². The van der Waals surface area contributed by atoms with E-state index in [0.717, 1.165) is 31.7 Å². The van der Waals surface area contributed by atoms with Gasteiger partial charge in [0.1, 0.15) is 0 Å². The van der Waals surface area contributed by atoms with E-state index in [4.69, 9.17) is 16.1 Å². The molecule has 0 radical (unpaired) electrons. The van der Waals surface area contributed by atoms with Crippen LogP contribution in [-0.4, -0.2) is 77.6 Å². The second kappa shape index (κ2) is 7.95. The highest BCUT2D eigenvalue weighted by molar-refractivity contribution is 6.30. The quantitative estimate of drug-likeness (QED) is 0.803. The van der Waals surface area contributed by atoms with E-state index in [1.54, 1.807) is 31.1 Å². The number of aromatic nitrogens is 2. The average Bonchev–Trinajstić information content (AvgIpc) is 3.05. The van der Waals surface area contributed by atoms with Crippen LogP contribution in [0.2, 0.25) is 5.02 Å². The van der Waals surface area contributed by atoms with Crippen LogP contribution in [0, 0.1) is 0 Å². The summed E-state index contributed by atoms with van der Waals surface area (Å²) in [6.07, 6.45) is 0. The largest absolute Gasteiger partial charge is 0.348 e. The van der Waals surface area contributed by atoms with Gasteiger partial charge in [-0.25, -0.2) is 0 Å². The number of hydrogen-bond donors (Lipinski definition) is 0. The van der Waals surface area contributed by atoms with Crippen LogP contribution in [0.3, 0.4) is 0 Å². The molecule has 0 aliphatic carbocycles. The normalized spacial score (nSPS) is 16.1. The van der Waals surface area contributed by atoms with Crippen LogP contribution in [0.25, 0.3) is 11.4 Å². The second-order valence-electron chi connectivity index (χ2n) is 6.36. The molecule has 1 aliphatic heterocycles. The zero-order chi connectivity index (χ0) is 17.8. The summed E-state index contributed by atoms with van der Waals surface area (Å²) in [5, 5.41) is 4.72. The zero-order valence-electron chi connectivity index (χ0n) is 14.5. The van der Waals surface area contributed by atoms with Gasteiger partial charge in [-0.15, -0.1) is 0 Å². The van der Waals surface area contributed by atoms with E-state index >= 15 is 0 Å². The lowest BCUT2D eigenvalue weighted by Crippen LogP contribution is -2.48. The van der Waals surface area contributed by atoms with Crippen molar-refractivity contribution in [1.29, 1.82) is 0 Å². The number of hydrogen-bond acceptors (Lipinski definition) is 6. The highest BCUT2D eigenvalue weighted by Crippen LogP contribution is 2.19. The smallest absolute Gasteiger partial charge is 0.241 e. The first-order chi connectivity index (χ1) is 12.0. The van der Waals surface area contributed by atoms with Crippen LogP contribution >= 0.6 is 11.6 Å². The molecule has 0 saturated carbocycles. The number of likely N-dealkylation sites (N-methyl/N-ethyl adjacent to an activating group) is 1. The summed E-state index contributed by atoms with van der Waals surface area (Å²) in [6, 6.07) is 7.36. The van der Waals surface area contributed by atoms with Gasteiger partial charge < -0.3 is 9.42 Å². The first-order valence-corrected chi connectivity index (χ1v) is 8.62. The van der Waals surface area contributed by atoms with Gasteiger partial charge >= 0.3 is 0 Å². The lowest BCUT2D eigenvalue weighted by Gasteiger charge is -2.33. The van der Waals surface area contributed by atoms with Gasteiger partial charge in [0.25, 0.3) is 0 Å². The average molecular weight is 364 g/mol. The molecule has 1 aromatic carbocycles. The fraction of sp³-hybridized carbons (Fsp3) is 0.471. The molecule has 2 heterocycles. The summed E-state index contributed by atoms with van der Waals surface area (Å²) in [5.74, 6) is 1.31. The summed E-state index contributed by atoms with van der Waals surface area (Å²) in [6.45, 7) is 4.56. The van der Waals surface area contributed by atoms with Crippen molar-refractivity contribution in [2.45, 2.75) is 6.54 Å². The SMILES string of the molecule is CN(C)C(=O)CN1CCN(Cc2nc(-c3ccc(Cl)cc3)no2)CC1. The molecule has 1 aliphatic rings. The zero-order valence-corrected chi connectivity index (χ0v) is 15.2. The van der Waals surface area contributed by atoms with E-state index in [1.807, 2.05) is 12.1 Å². The minimum atomic E-state index is 0.137. The molecular weight excluding hydrogens is 342 g/mol. The van der Waals surface area contributed by atoms with Gasteiger partial charge in [0, 0.05) is 50.9 Å². The Balaban J connectivity index is 1.51. The molecule has 134 valence electrons. The number of carbonyl (C=O) groups excluding carboxylic acids is 1. The molecular formula is C17H22ClN5O2. The highest BCUT2D eigenvalue weighted by Gasteiger charge is 2.21. The van der Waals surface area contributed by atoms with Crippen LogP contribution < -0.4 is 0 Å². The fourth-order valence-electron chi connectivity index (χ4n) is 2.66. The Bertz CT molecular complexity index is 708. The number of nitrogens with zero attached hydrogens (tertiary/aromatic N) is 5. The summed E-state index contributed by atoms with van der Waals surface area (Å²) in [4.78, 5) is 22.3. The molecule has 25 heavy (non-hydrogen) atoms. The van der Waals surface area contributed by atoms with E-state index in [1.165, 1.54) is 0 Å². The van der Waals surface area contributed by atoms with Gasteiger partial charge in [-0.1, -0.05) is 16.8 Å². The molecule has 0 N–H and O–H groups in total. The molecule has 0 unspecified atom stereocenters. The molecule has 0 spiro atoms. The van der Waals surface area contributed by atoms with Crippen molar-refractivity contribution in [2.75, 3.05) is 46.8 Å². The Morgan fingerprint density at radius 3 is 2.44 bits per heavy atom. The molecule has 0 bridgehead atoms. The van der Waals surface area contributed by atoms with Crippen LogP contribution in [0.15, 0.2) is 28.8 Å². The van der Waals surface area contributed by atoms with Crippen molar-refractivity contribution in [2.24, 2.45) is 0 Å². The monoisotopic (exact) mass is 363 g/mol. The first kappa shape index (κ1) is 17.8. The summed E-state index contributed by atoms with van der Waals surface area (Å²) < 4.78 is 5.36. The first-order valence-electron chi connectivity index (χ1n) is 8.24. The Labute approximate surface area is 152 Å². The molecule has 7 nitrogen and oxygen atoms in total. The molecule has 3 rings (SSSR count). The minimum absolute atomic E-state index is 0.137. The van der Waals surface area contributed by atoms with Gasteiger partial charge in [0.15, 0.2) is 0 Å². The number of benzene rings is 1. The number of piperazine rings is 1. The van der Waals surface area contributed by atoms with Gasteiger partial charge in [-0.3, -0.25) is 14.6 Å². The maximum atomic E-state index is 11.8. The van der Waals surface area contributed by atoms with Gasteiger partial charge in [-0.05, 0) is 24.3 Å². The van der Waals surface area contributed by atoms with Crippen molar-refractivity contribution in [3.63, 3.8) is 0 Å². The number of amides is 1. The van der Waals surface area contributed by atoms with E-state index in [-0.39, 0.29) is 5.91 Å². The van der Waals surface area contributed by atoms with E-state index < -0.39 is 0 Å². The predicted octanol–water partition coefficient (Wildman–Crippen LogP) is 1.60. The second-order valence-corrected chi connectivity index (χ2v) is 6.80. The van der Waals surface area contributed by atoms with Crippen LogP contribution in [0.1, 0.15) is 5.89 Å². The number of halogens is 1. The van der Waals surface area contributed by atoms with Gasteiger partial charge in [-0.2, -0.15) is 4.98 Å². The van der Waals surface area contributed by atoms with Crippen molar-refractivity contribution in [3.8, 4) is 11.4 Å². The third kappa shape index (κ3) is 4.78. The van der Waals surface area contributed by atoms with Crippen molar-refractivity contribution >= 4 is 17.5 Å². The Hall–Kier alpha value is -1.96. The predicted molar refractivity (Wildman–Crippen MR) is 95.2 cm³/mol. The Morgan fingerprint density at radius 2 is 1.80 bits per heavy atom. The Kier molecular flexibility index (Phi) is 5.67. The van der Waals surface area contributed by atoms with Gasteiger partial charge in [0.2, 0.25) is 17.6 Å². The summed E-state index contributed by atoms with van der Waals surface area (Å²) in [5.41, 5.74) is 0.881. The van der Waals surface area contributed by atoms with Crippen LogP contribution in [0.4, 0.5) is 0 Å². The van der Waals surface area contributed by atoms with Crippen LogP contribution in [-0.2, 0) is 11.3 Å². The number of carbonyl (C=O) groups is 1. The third-order valence-corrected chi connectivity index (χ3v) is 4.50. The maximum Gasteiger partial charge on any atom is 0.241 e. The summed E-state index contributed by atoms with van der Waals surface area (Å²) >= 11 is 5.90. The topological polar surface area (TPSA) is 65.7 Å². The Morgan fingerprint density at radius 1 is 1.16 bits per heavy atom. The fourth-order valence-corrected chi connectivity index (χ4v) is 2.79. The molecule has 0 atom stereocenters. The molecule has 2 aromatic rings. The van der Waals surface area contributed by atoms with Crippen LogP contribution in [0.5, 0.6) is 0 Å². The molecule has 1 fully saturated rings. The third-order valence-electron chi connectivity index (χ3n) is 4.25. The van der Waals surface area contributed by atoms with E-state index in [9.17, 15) is 4.79 Å². The molecule has 1 saturated heterocycles. The lowest BCUT2D eigenvalue weighted by molar-refractivity contribution is -0.130. The summed E-state index contributed by atoms with van der Waals surface area (Å²) in [7, 11) is 3.57. The molecule has 1 amide bonds. The lowest BCUT2D eigenvalue weighted by atomic mass is 10.2. The van der Waals surface area contributed by atoms with Crippen molar-refractivity contribution < 1.29 is 9.32 Å². The highest BCUT2D eigenvalue weighted by atomic mass is 35.5. The molecule has 1 aromatic heterocycles. The van der Waals surface area contributed by atoms with Gasteiger partial charge in [0.05, 0.1) is 13.1 Å².